The van der Waals surface area contributed by atoms with E-state index in [9.17, 15) is 4.79 Å². The van der Waals surface area contributed by atoms with Crippen LogP contribution in [0.1, 0.15) is 28.9 Å². The van der Waals surface area contributed by atoms with Gasteiger partial charge in [-0.05, 0) is 24.6 Å². The molecule has 0 aliphatic carbocycles. The molecule has 0 amide bonds. The van der Waals surface area contributed by atoms with Crippen molar-refractivity contribution < 1.29 is 14.3 Å². The molecule has 0 spiro atoms. The number of carbonyl (C=O) groups is 1. The molecule has 0 aromatic heterocycles. The lowest BCUT2D eigenvalue weighted by atomic mass is 10.0. The van der Waals surface area contributed by atoms with E-state index in [4.69, 9.17) is 9.47 Å². The number of Topliss-reactive ketones (excluding diaryl/α,β-unsaturated/α-hetero) is 1. The van der Waals surface area contributed by atoms with Crippen LogP contribution in [0.3, 0.4) is 0 Å². The lowest BCUT2D eigenvalue weighted by molar-refractivity contribution is 0.0912. The molecule has 1 unspecified atom stereocenters. The molecule has 3 heteroatoms. The maximum absolute atomic E-state index is 11.2. The average Bonchev–Trinajstić information content (AvgIpc) is 2.47. The number of carbonyl (C=O) groups excluding carboxylic acids is 1. The van der Waals surface area contributed by atoms with Crippen LogP contribution in [0.25, 0.3) is 0 Å². The molecule has 0 N–H and O–H groups in total. The number of fused-ring (bicyclic) bond motifs is 1. The Hall–Kier alpha value is -2.29. The van der Waals surface area contributed by atoms with E-state index in [1.54, 1.807) is 6.92 Å². The third-order valence-corrected chi connectivity index (χ3v) is 3.20. The van der Waals surface area contributed by atoms with Gasteiger partial charge in [-0.3, -0.25) is 4.79 Å². The zero-order chi connectivity index (χ0) is 13.2. The van der Waals surface area contributed by atoms with Gasteiger partial charge in [0.15, 0.2) is 23.4 Å². The van der Waals surface area contributed by atoms with Gasteiger partial charge in [-0.1, -0.05) is 36.4 Å². The van der Waals surface area contributed by atoms with Crippen LogP contribution >= 0.6 is 0 Å². The van der Waals surface area contributed by atoms with E-state index >= 15 is 0 Å². The van der Waals surface area contributed by atoms with Crippen LogP contribution in [0.4, 0.5) is 0 Å². The summed E-state index contributed by atoms with van der Waals surface area (Å²) in [6, 6.07) is 15.1. The molecule has 0 radical (unpaired) electrons. The highest BCUT2D eigenvalue weighted by Crippen LogP contribution is 2.35. The number of hydrogen-bond donors (Lipinski definition) is 0. The van der Waals surface area contributed by atoms with Crippen molar-refractivity contribution in [2.45, 2.75) is 13.0 Å². The fourth-order valence-corrected chi connectivity index (χ4v) is 2.12. The van der Waals surface area contributed by atoms with Crippen LogP contribution < -0.4 is 9.47 Å². The molecule has 2 aromatic rings. The van der Waals surface area contributed by atoms with Crippen molar-refractivity contribution in [3.05, 3.63) is 59.7 Å². The maximum atomic E-state index is 11.2. The summed E-state index contributed by atoms with van der Waals surface area (Å²) in [4.78, 5) is 11.2. The van der Waals surface area contributed by atoms with Crippen molar-refractivity contribution in [3.63, 3.8) is 0 Å². The topological polar surface area (TPSA) is 35.5 Å². The lowest BCUT2D eigenvalue weighted by Crippen LogP contribution is -2.21. The van der Waals surface area contributed by atoms with Gasteiger partial charge < -0.3 is 9.47 Å². The summed E-state index contributed by atoms with van der Waals surface area (Å²) in [5.41, 5.74) is 1.72. The SMILES string of the molecule is CC(=O)c1ccc(C2COc3ccccc3O2)cc1. The maximum Gasteiger partial charge on any atom is 0.162 e. The van der Waals surface area contributed by atoms with Crippen LogP contribution in [0.15, 0.2) is 48.5 Å². The first-order valence-corrected chi connectivity index (χ1v) is 6.23. The molecule has 0 fully saturated rings. The molecule has 1 aliphatic heterocycles. The average molecular weight is 254 g/mol. The van der Waals surface area contributed by atoms with Crippen molar-refractivity contribution in [2.75, 3.05) is 6.61 Å². The smallest absolute Gasteiger partial charge is 0.162 e. The molecule has 0 saturated carbocycles. The first-order chi connectivity index (χ1) is 9.24. The Labute approximate surface area is 111 Å². The Bertz CT molecular complexity index is 602. The molecule has 0 saturated heterocycles. The summed E-state index contributed by atoms with van der Waals surface area (Å²) in [7, 11) is 0. The van der Waals surface area contributed by atoms with Crippen LogP contribution in [-0.2, 0) is 0 Å². The Morgan fingerprint density at radius 1 is 1.05 bits per heavy atom. The quantitative estimate of drug-likeness (QED) is 0.770. The summed E-state index contributed by atoms with van der Waals surface area (Å²) in [6.45, 7) is 2.04. The molecular formula is C16H14O3. The third kappa shape index (κ3) is 2.32. The molecule has 0 bridgehead atoms. The van der Waals surface area contributed by atoms with Gasteiger partial charge in [0.05, 0.1) is 0 Å². The van der Waals surface area contributed by atoms with Gasteiger partial charge >= 0.3 is 0 Å². The van der Waals surface area contributed by atoms with E-state index in [1.807, 2.05) is 48.5 Å². The number of ketones is 1. The minimum Gasteiger partial charge on any atom is -0.485 e. The monoisotopic (exact) mass is 254 g/mol. The van der Waals surface area contributed by atoms with Gasteiger partial charge in [0.2, 0.25) is 0 Å². The van der Waals surface area contributed by atoms with E-state index in [1.165, 1.54) is 0 Å². The van der Waals surface area contributed by atoms with Crippen LogP contribution in [-0.4, -0.2) is 12.4 Å². The van der Waals surface area contributed by atoms with Crippen molar-refractivity contribution in [1.82, 2.24) is 0 Å². The number of ether oxygens (including phenoxy) is 2. The van der Waals surface area contributed by atoms with Crippen molar-refractivity contribution >= 4 is 5.78 Å². The van der Waals surface area contributed by atoms with Gasteiger partial charge in [0.1, 0.15) is 6.61 Å². The highest BCUT2D eigenvalue weighted by Gasteiger charge is 2.22. The van der Waals surface area contributed by atoms with Crippen LogP contribution in [0, 0.1) is 0 Å². The molecule has 1 aliphatic rings. The second-order valence-corrected chi connectivity index (χ2v) is 4.54. The number of rotatable bonds is 2. The summed E-state index contributed by atoms with van der Waals surface area (Å²) < 4.78 is 11.6. The minimum atomic E-state index is -0.129. The zero-order valence-electron chi connectivity index (χ0n) is 10.6. The fourth-order valence-electron chi connectivity index (χ4n) is 2.12. The van der Waals surface area contributed by atoms with Gasteiger partial charge in [-0.25, -0.2) is 0 Å². The first-order valence-electron chi connectivity index (χ1n) is 6.23. The Morgan fingerprint density at radius 3 is 2.42 bits per heavy atom. The predicted molar refractivity (Wildman–Crippen MR) is 71.8 cm³/mol. The summed E-state index contributed by atoms with van der Waals surface area (Å²) in [6.07, 6.45) is -0.129. The Morgan fingerprint density at radius 2 is 1.74 bits per heavy atom. The minimum absolute atomic E-state index is 0.0673. The van der Waals surface area contributed by atoms with Crippen LogP contribution in [0.2, 0.25) is 0 Å². The molecule has 2 aromatic carbocycles. The summed E-state index contributed by atoms with van der Waals surface area (Å²) in [5, 5.41) is 0. The van der Waals surface area contributed by atoms with Gasteiger partial charge in [0, 0.05) is 5.56 Å². The standard InChI is InChI=1S/C16H14O3/c1-11(17)12-6-8-13(9-7-12)16-10-18-14-4-2-3-5-15(14)19-16/h2-9,16H,10H2,1H3. The number of benzene rings is 2. The highest BCUT2D eigenvalue weighted by molar-refractivity contribution is 5.94. The van der Waals surface area contributed by atoms with E-state index in [0.717, 1.165) is 17.1 Å². The number of hydrogen-bond acceptors (Lipinski definition) is 3. The molecular weight excluding hydrogens is 240 g/mol. The third-order valence-electron chi connectivity index (χ3n) is 3.20. The lowest BCUT2D eigenvalue weighted by Gasteiger charge is -2.26. The van der Waals surface area contributed by atoms with Gasteiger partial charge in [-0.2, -0.15) is 0 Å². The molecule has 3 nitrogen and oxygen atoms in total. The van der Waals surface area contributed by atoms with E-state index in [0.29, 0.717) is 12.2 Å². The Balaban J connectivity index is 1.83. The van der Waals surface area contributed by atoms with E-state index in [-0.39, 0.29) is 11.9 Å². The van der Waals surface area contributed by atoms with Gasteiger partial charge in [-0.15, -0.1) is 0 Å². The zero-order valence-corrected chi connectivity index (χ0v) is 10.6. The second-order valence-electron chi connectivity index (χ2n) is 4.54. The fraction of sp³-hybridized carbons (Fsp3) is 0.188. The van der Waals surface area contributed by atoms with E-state index in [2.05, 4.69) is 0 Å². The largest absolute Gasteiger partial charge is 0.485 e. The molecule has 3 rings (SSSR count). The number of para-hydroxylation sites is 2. The normalized spacial score (nSPS) is 17.0. The second kappa shape index (κ2) is 4.76. The summed E-state index contributed by atoms with van der Waals surface area (Å²) in [5.74, 6) is 1.60. The summed E-state index contributed by atoms with van der Waals surface area (Å²) >= 11 is 0. The van der Waals surface area contributed by atoms with Gasteiger partial charge in [0.25, 0.3) is 0 Å². The molecule has 96 valence electrons. The van der Waals surface area contributed by atoms with Crippen molar-refractivity contribution in [1.29, 1.82) is 0 Å². The predicted octanol–water partition coefficient (Wildman–Crippen LogP) is 3.40. The van der Waals surface area contributed by atoms with E-state index < -0.39 is 0 Å². The van der Waals surface area contributed by atoms with Crippen molar-refractivity contribution in [2.24, 2.45) is 0 Å². The van der Waals surface area contributed by atoms with Crippen LogP contribution in [0.5, 0.6) is 11.5 Å². The van der Waals surface area contributed by atoms with Crippen molar-refractivity contribution in [3.8, 4) is 11.5 Å². The molecule has 19 heavy (non-hydrogen) atoms. The first kappa shape index (κ1) is 11.8. The molecule has 1 heterocycles. The Kier molecular flexibility index (Phi) is 2.95. The molecule has 1 atom stereocenters. The highest BCUT2D eigenvalue weighted by atomic mass is 16.6.